The SMILES string of the molecule is O=C(Nc1ccc2cn[nH]c2c1)c1cccnc1N1CCCCCC1. The van der Waals surface area contributed by atoms with Crippen molar-refractivity contribution in [1.29, 1.82) is 0 Å². The van der Waals surface area contributed by atoms with Crippen molar-refractivity contribution in [2.75, 3.05) is 23.3 Å². The fourth-order valence-electron chi connectivity index (χ4n) is 3.32. The van der Waals surface area contributed by atoms with Crippen LogP contribution in [0.5, 0.6) is 0 Å². The van der Waals surface area contributed by atoms with E-state index in [2.05, 4.69) is 25.4 Å². The molecule has 1 amide bonds. The second kappa shape index (κ2) is 6.93. The molecule has 0 aliphatic carbocycles. The first-order valence-electron chi connectivity index (χ1n) is 8.76. The van der Waals surface area contributed by atoms with E-state index in [4.69, 9.17) is 0 Å². The van der Waals surface area contributed by atoms with Crippen LogP contribution >= 0.6 is 0 Å². The molecule has 0 saturated carbocycles. The third kappa shape index (κ3) is 3.33. The van der Waals surface area contributed by atoms with E-state index in [1.165, 1.54) is 12.8 Å². The first-order valence-corrected chi connectivity index (χ1v) is 8.76. The van der Waals surface area contributed by atoms with Gasteiger partial charge in [0.2, 0.25) is 0 Å². The number of nitrogens with zero attached hydrogens (tertiary/aromatic N) is 3. The molecule has 1 aromatic carbocycles. The maximum atomic E-state index is 12.8. The lowest BCUT2D eigenvalue weighted by Crippen LogP contribution is -2.28. The summed E-state index contributed by atoms with van der Waals surface area (Å²) in [7, 11) is 0. The van der Waals surface area contributed by atoms with Crippen molar-refractivity contribution in [3.8, 4) is 0 Å². The quantitative estimate of drug-likeness (QED) is 0.767. The van der Waals surface area contributed by atoms with Crippen LogP contribution < -0.4 is 10.2 Å². The third-order valence-electron chi connectivity index (χ3n) is 4.64. The Balaban J connectivity index is 1.59. The maximum Gasteiger partial charge on any atom is 0.259 e. The van der Waals surface area contributed by atoms with E-state index >= 15 is 0 Å². The normalized spacial score (nSPS) is 15.1. The van der Waals surface area contributed by atoms with E-state index in [1.54, 1.807) is 12.4 Å². The molecule has 0 spiro atoms. The van der Waals surface area contributed by atoms with Gasteiger partial charge in [0.05, 0.1) is 17.3 Å². The van der Waals surface area contributed by atoms with Gasteiger partial charge in [-0.05, 0) is 43.2 Å². The van der Waals surface area contributed by atoms with Gasteiger partial charge in [-0.25, -0.2) is 4.98 Å². The van der Waals surface area contributed by atoms with E-state index in [1.807, 2.05) is 30.3 Å². The Hall–Kier alpha value is -2.89. The van der Waals surface area contributed by atoms with E-state index in [9.17, 15) is 4.79 Å². The van der Waals surface area contributed by atoms with Crippen LogP contribution in [0.2, 0.25) is 0 Å². The highest BCUT2D eigenvalue weighted by Gasteiger charge is 2.19. The lowest BCUT2D eigenvalue weighted by atomic mass is 10.2. The molecule has 4 rings (SSSR count). The Morgan fingerprint density at radius 2 is 1.96 bits per heavy atom. The van der Waals surface area contributed by atoms with E-state index in [0.717, 1.165) is 48.3 Å². The number of H-pyrrole nitrogens is 1. The summed E-state index contributed by atoms with van der Waals surface area (Å²) in [5, 5.41) is 10.9. The fourth-order valence-corrected chi connectivity index (χ4v) is 3.32. The average Bonchev–Trinajstić information content (AvgIpc) is 2.93. The minimum absolute atomic E-state index is 0.133. The topological polar surface area (TPSA) is 73.9 Å². The van der Waals surface area contributed by atoms with Gasteiger partial charge in [0.1, 0.15) is 5.82 Å². The molecule has 0 atom stereocenters. The molecular formula is C19H21N5O. The van der Waals surface area contributed by atoms with Gasteiger partial charge in [-0.2, -0.15) is 5.10 Å². The lowest BCUT2D eigenvalue weighted by Gasteiger charge is -2.23. The number of anilines is 2. The zero-order chi connectivity index (χ0) is 17.1. The third-order valence-corrected chi connectivity index (χ3v) is 4.64. The summed E-state index contributed by atoms with van der Waals surface area (Å²) in [6, 6.07) is 9.37. The molecule has 0 radical (unpaired) electrons. The van der Waals surface area contributed by atoms with Gasteiger partial charge in [-0.15, -0.1) is 0 Å². The molecule has 6 heteroatoms. The molecular weight excluding hydrogens is 314 g/mol. The monoisotopic (exact) mass is 335 g/mol. The molecule has 0 unspecified atom stereocenters. The van der Waals surface area contributed by atoms with Crippen molar-refractivity contribution in [2.24, 2.45) is 0 Å². The van der Waals surface area contributed by atoms with E-state index in [-0.39, 0.29) is 5.91 Å². The lowest BCUT2D eigenvalue weighted by molar-refractivity contribution is 0.102. The van der Waals surface area contributed by atoms with Crippen LogP contribution in [0.4, 0.5) is 11.5 Å². The van der Waals surface area contributed by atoms with Gasteiger partial charge in [0, 0.05) is 30.4 Å². The minimum atomic E-state index is -0.133. The molecule has 25 heavy (non-hydrogen) atoms. The number of aromatic amines is 1. The van der Waals surface area contributed by atoms with Crippen LogP contribution in [0.3, 0.4) is 0 Å². The highest BCUT2D eigenvalue weighted by Crippen LogP contribution is 2.23. The molecule has 128 valence electrons. The van der Waals surface area contributed by atoms with Crippen molar-refractivity contribution in [2.45, 2.75) is 25.7 Å². The predicted molar refractivity (Wildman–Crippen MR) is 99.0 cm³/mol. The van der Waals surface area contributed by atoms with Gasteiger partial charge >= 0.3 is 0 Å². The number of aromatic nitrogens is 3. The summed E-state index contributed by atoms with van der Waals surface area (Å²) in [5.74, 6) is 0.649. The summed E-state index contributed by atoms with van der Waals surface area (Å²) in [5.41, 5.74) is 2.26. The molecule has 0 bridgehead atoms. The number of hydrogen-bond donors (Lipinski definition) is 2. The molecule has 1 aliphatic rings. The van der Waals surface area contributed by atoms with E-state index < -0.39 is 0 Å². The van der Waals surface area contributed by atoms with Crippen molar-refractivity contribution < 1.29 is 4.79 Å². The van der Waals surface area contributed by atoms with Crippen LogP contribution in [-0.4, -0.2) is 34.2 Å². The summed E-state index contributed by atoms with van der Waals surface area (Å²) in [6.07, 6.45) is 8.31. The summed E-state index contributed by atoms with van der Waals surface area (Å²) in [6.45, 7) is 1.91. The van der Waals surface area contributed by atoms with Gasteiger partial charge in [0.25, 0.3) is 5.91 Å². The minimum Gasteiger partial charge on any atom is -0.356 e. The van der Waals surface area contributed by atoms with Gasteiger partial charge in [-0.3, -0.25) is 9.89 Å². The van der Waals surface area contributed by atoms with Gasteiger partial charge in [-0.1, -0.05) is 12.8 Å². The smallest absolute Gasteiger partial charge is 0.259 e. The highest BCUT2D eigenvalue weighted by atomic mass is 16.1. The zero-order valence-corrected chi connectivity index (χ0v) is 14.0. The molecule has 1 fully saturated rings. The first kappa shape index (κ1) is 15.6. The van der Waals surface area contributed by atoms with Crippen LogP contribution in [0, 0.1) is 0 Å². The number of hydrogen-bond acceptors (Lipinski definition) is 4. The number of carbonyl (C=O) groups excluding carboxylic acids is 1. The van der Waals surface area contributed by atoms with Crippen LogP contribution in [0.15, 0.2) is 42.7 Å². The Morgan fingerprint density at radius 1 is 1.12 bits per heavy atom. The highest BCUT2D eigenvalue weighted by molar-refractivity contribution is 6.08. The number of pyridine rings is 1. The van der Waals surface area contributed by atoms with Crippen molar-refractivity contribution in [3.05, 3.63) is 48.3 Å². The number of nitrogens with one attached hydrogen (secondary N) is 2. The molecule has 1 aliphatic heterocycles. The Labute approximate surface area is 146 Å². The average molecular weight is 335 g/mol. The molecule has 3 aromatic rings. The number of benzene rings is 1. The van der Waals surface area contributed by atoms with Crippen molar-refractivity contribution >= 4 is 28.3 Å². The van der Waals surface area contributed by atoms with Gasteiger partial charge < -0.3 is 10.2 Å². The molecule has 2 N–H and O–H groups in total. The van der Waals surface area contributed by atoms with Crippen LogP contribution in [0.25, 0.3) is 10.9 Å². The summed E-state index contributed by atoms with van der Waals surface area (Å²) < 4.78 is 0. The maximum absolute atomic E-state index is 12.8. The fraction of sp³-hybridized carbons (Fsp3) is 0.316. The van der Waals surface area contributed by atoms with Crippen LogP contribution in [0.1, 0.15) is 36.0 Å². The largest absolute Gasteiger partial charge is 0.356 e. The molecule has 2 aromatic heterocycles. The Bertz CT molecular complexity index is 880. The molecule has 3 heterocycles. The number of rotatable bonds is 3. The Morgan fingerprint density at radius 3 is 2.80 bits per heavy atom. The van der Waals surface area contributed by atoms with E-state index in [0.29, 0.717) is 5.56 Å². The Kier molecular flexibility index (Phi) is 4.33. The predicted octanol–water partition coefficient (Wildman–Crippen LogP) is 3.59. The second-order valence-electron chi connectivity index (χ2n) is 6.40. The summed E-state index contributed by atoms with van der Waals surface area (Å²) >= 11 is 0. The number of amides is 1. The zero-order valence-electron chi connectivity index (χ0n) is 14.0. The van der Waals surface area contributed by atoms with Crippen molar-refractivity contribution in [3.63, 3.8) is 0 Å². The second-order valence-corrected chi connectivity index (χ2v) is 6.40. The summed E-state index contributed by atoms with van der Waals surface area (Å²) in [4.78, 5) is 19.6. The van der Waals surface area contributed by atoms with Gasteiger partial charge in [0.15, 0.2) is 0 Å². The number of carbonyl (C=O) groups is 1. The van der Waals surface area contributed by atoms with Crippen LogP contribution in [-0.2, 0) is 0 Å². The molecule has 1 saturated heterocycles. The molecule has 6 nitrogen and oxygen atoms in total. The first-order chi connectivity index (χ1) is 12.3. The number of fused-ring (bicyclic) bond motifs is 1. The van der Waals surface area contributed by atoms with Crippen molar-refractivity contribution in [1.82, 2.24) is 15.2 Å². The standard InChI is InChI=1S/C19H21N5O/c25-19(22-15-8-7-14-13-21-23-17(14)12-15)16-6-5-9-20-18(16)24-10-3-1-2-4-11-24/h5-9,12-13H,1-4,10-11H2,(H,21,23)(H,22,25).